The number of fused-ring (bicyclic) bond motifs is 20. The number of aromatic nitrogens is 4. The van der Waals surface area contributed by atoms with Crippen LogP contribution in [0.15, 0.2) is 170 Å². The fourth-order valence-electron chi connectivity index (χ4n) is 11.7. The zero-order chi connectivity index (χ0) is 39.1. The highest BCUT2D eigenvalue weighted by atomic mass is 15.0. The third-order valence-corrected chi connectivity index (χ3v) is 14.0. The van der Waals surface area contributed by atoms with Crippen molar-refractivity contribution in [2.45, 2.75) is 13.8 Å². The Morgan fingerprint density at radius 1 is 0.267 bits per heavy atom. The number of hydrogen-bond acceptors (Lipinski definition) is 0. The van der Waals surface area contributed by atoms with Gasteiger partial charge in [-0.25, -0.2) is 0 Å². The largest absolute Gasteiger partial charge is 0.309 e. The lowest BCUT2D eigenvalue weighted by Gasteiger charge is -2.10. The molecule has 0 aliphatic carbocycles. The van der Waals surface area contributed by atoms with E-state index >= 15 is 0 Å². The summed E-state index contributed by atoms with van der Waals surface area (Å²) in [7, 11) is 0. The van der Waals surface area contributed by atoms with Crippen LogP contribution in [-0.4, -0.2) is 17.9 Å². The van der Waals surface area contributed by atoms with Crippen LogP contribution < -0.4 is 0 Å². The molecule has 0 aliphatic heterocycles. The topological polar surface area (TPSA) is 18.7 Å². The molecule has 0 aliphatic rings. The van der Waals surface area contributed by atoms with Crippen LogP contribution >= 0.6 is 0 Å². The van der Waals surface area contributed by atoms with E-state index in [-0.39, 0.29) is 0 Å². The third-order valence-electron chi connectivity index (χ3n) is 14.0. The first kappa shape index (κ1) is 31.2. The molecule has 4 nitrogen and oxygen atoms in total. The van der Waals surface area contributed by atoms with Gasteiger partial charge in [0.2, 0.25) is 0 Å². The minimum absolute atomic E-state index is 1.18. The van der Waals surface area contributed by atoms with E-state index in [2.05, 4.69) is 202 Å². The first-order valence-electron chi connectivity index (χ1n) is 21.0. The molecule has 0 bridgehead atoms. The molecule has 6 aromatic heterocycles. The van der Waals surface area contributed by atoms with Gasteiger partial charge >= 0.3 is 0 Å². The van der Waals surface area contributed by atoms with Gasteiger partial charge in [-0.3, -0.25) is 0 Å². The van der Waals surface area contributed by atoms with Gasteiger partial charge in [-0.1, -0.05) is 121 Å². The zero-order valence-electron chi connectivity index (χ0n) is 33.0. The Morgan fingerprint density at radius 3 is 1.05 bits per heavy atom. The van der Waals surface area contributed by atoms with Gasteiger partial charge in [0, 0.05) is 76.0 Å². The van der Waals surface area contributed by atoms with Crippen LogP contribution in [0.4, 0.5) is 0 Å². The molecule has 15 aromatic rings. The Kier molecular flexibility index (Phi) is 5.52. The second-order valence-electron chi connectivity index (χ2n) is 17.0. The number of benzene rings is 9. The quantitative estimate of drug-likeness (QED) is 0.167. The second-order valence-corrected chi connectivity index (χ2v) is 17.0. The van der Waals surface area contributed by atoms with Gasteiger partial charge in [0.1, 0.15) is 0 Å². The standard InChI is InChI=1S/C56H34N4/c1-31-13-11-19-37-35-15-3-7-21-43(35)57(53(31)37)33-25-27-41-47(29-33)59-45-23-9-5-17-39(45)50-52-42-28-26-34(58-44-22-8-4-16-36(44)38-20-12-14-32(2)54(38)58)30-48(42)60-46-24-10-6-18-40(46)49(56(52)60)51(41)55(50)59/h3-30H,1-2H3. The molecule has 0 unspecified atom stereocenters. The summed E-state index contributed by atoms with van der Waals surface area (Å²) in [6.07, 6.45) is 0. The number of aryl methyl sites for hydroxylation is 2. The lowest BCUT2D eigenvalue weighted by molar-refractivity contribution is 1.17. The fourth-order valence-corrected chi connectivity index (χ4v) is 11.7. The first-order valence-corrected chi connectivity index (χ1v) is 21.0. The molecule has 0 saturated heterocycles. The average Bonchev–Trinajstić information content (AvgIpc) is 4.12. The highest BCUT2D eigenvalue weighted by Gasteiger charge is 2.29. The predicted molar refractivity (Wildman–Crippen MR) is 254 cm³/mol. The van der Waals surface area contributed by atoms with Gasteiger partial charge in [0.05, 0.1) is 55.2 Å². The molecule has 278 valence electrons. The summed E-state index contributed by atoms with van der Waals surface area (Å²) in [4.78, 5) is 0. The summed E-state index contributed by atoms with van der Waals surface area (Å²) in [6, 6.07) is 63.6. The van der Waals surface area contributed by atoms with Crippen LogP contribution in [0.3, 0.4) is 0 Å². The Labute approximate surface area is 342 Å². The minimum atomic E-state index is 1.18. The van der Waals surface area contributed by atoms with E-state index in [1.165, 1.54) is 142 Å². The van der Waals surface area contributed by atoms with Crippen molar-refractivity contribution in [3.8, 4) is 11.4 Å². The first-order chi connectivity index (χ1) is 29.7. The summed E-state index contributed by atoms with van der Waals surface area (Å²) in [6.45, 7) is 4.47. The van der Waals surface area contributed by atoms with E-state index in [0.29, 0.717) is 0 Å². The Bertz CT molecular complexity index is 4090. The molecule has 15 rings (SSSR count). The molecule has 0 amide bonds. The molecule has 0 spiro atoms. The molecule has 0 fully saturated rings. The van der Waals surface area contributed by atoms with Crippen LogP contribution in [0.1, 0.15) is 11.1 Å². The minimum Gasteiger partial charge on any atom is -0.309 e. The van der Waals surface area contributed by atoms with Crippen LogP contribution in [-0.2, 0) is 0 Å². The van der Waals surface area contributed by atoms with Gasteiger partial charge in [-0.05, 0) is 73.5 Å². The molecule has 6 heterocycles. The van der Waals surface area contributed by atoms with E-state index in [0.717, 1.165) is 0 Å². The maximum absolute atomic E-state index is 2.58. The lowest BCUT2D eigenvalue weighted by atomic mass is 9.97. The molecule has 4 heteroatoms. The van der Waals surface area contributed by atoms with Crippen LogP contribution in [0, 0.1) is 13.8 Å². The average molecular weight is 763 g/mol. The van der Waals surface area contributed by atoms with Crippen molar-refractivity contribution in [2.24, 2.45) is 0 Å². The molecule has 0 N–H and O–H groups in total. The van der Waals surface area contributed by atoms with Gasteiger partial charge < -0.3 is 17.9 Å². The molecule has 60 heavy (non-hydrogen) atoms. The van der Waals surface area contributed by atoms with E-state index in [4.69, 9.17) is 0 Å². The number of para-hydroxylation sites is 6. The summed E-state index contributed by atoms with van der Waals surface area (Å²) >= 11 is 0. The Balaban J connectivity index is 1.12. The van der Waals surface area contributed by atoms with E-state index in [1.807, 2.05) is 0 Å². The van der Waals surface area contributed by atoms with Crippen molar-refractivity contribution in [3.63, 3.8) is 0 Å². The molecule has 0 radical (unpaired) electrons. The van der Waals surface area contributed by atoms with Crippen molar-refractivity contribution in [3.05, 3.63) is 181 Å². The normalized spacial score (nSPS) is 12.8. The molecular formula is C56H34N4. The molecule has 0 atom stereocenters. The molecule has 0 saturated carbocycles. The molecule has 9 aromatic carbocycles. The van der Waals surface area contributed by atoms with Crippen LogP contribution in [0.2, 0.25) is 0 Å². The summed E-state index contributed by atoms with van der Waals surface area (Å²) in [5, 5.41) is 15.6. The SMILES string of the molecule is Cc1cccc2c3ccccc3n(-c3ccc4c5c6c7ccccc7n7c8cc(-n9c%10ccccc%10c%10cccc(C)c%109)ccc8c(c8c9ccccc9n(c4c3)c85)c67)c12. The smallest absolute Gasteiger partial charge is 0.0634 e. The maximum atomic E-state index is 2.58. The Morgan fingerprint density at radius 2 is 0.617 bits per heavy atom. The van der Waals surface area contributed by atoms with Gasteiger partial charge in [0.15, 0.2) is 0 Å². The highest BCUT2D eigenvalue weighted by molar-refractivity contribution is 6.45. The Hall–Kier alpha value is -7.82. The van der Waals surface area contributed by atoms with E-state index in [1.54, 1.807) is 0 Å². The third kappa shape index (κ3) is 3.50. The summed E-state index contributed by atoms with van der Waals surface area (Å²) in [5.74, 6) is 0. The molecular weight excluding hydrogens is 729 g/mol. The zero-order valence-corrected chi connectivity index (χ0v) is 33.0. The van der Waals surface area contributed by atoms with E-state index < -0.39 is 0 Å². The number of hydrogen-bond donors (Lipinski definition) is 0. The van der Waals surface area contributed by atoms with Gasteiger partial charge in [-0.2, -0.15) is 0 Å². The van der Waals surface area contributed by atoms with Gasteiger partial charge in [0.25, 0.3) is 0 Å². The van der Waals surface area contributed by atoms with Crippen molar-refractivity contribution in [1.82, 2.24) is 17.9 Å². The van der Waals surface area contributed by atoms with Crippen molar-refractivity contribution in [1.29, 1.82) is 0 Å². The fraction of sp³-hybridized carbons (Fsp3) is 0.0357. The lowest BCUT2D eigenvalue weighted by Crippen LogP contribution is -1.95. The van der Waals surface area contributed by atoms with Crippen LogP contribution in [0.5, 0.6) is 0 Å². The maximum Gasteiger partial charge on any atom is 0.0634 e. The van der Waals surface area contributed by atoms with Crippen molar-refractivity contribution >= 4 is 120 Å². The predicted octanol–water partition coefficient (Wildman–Crippen LogP) is 14.8. The second kappa shape index (κ2) is 10.6. The van der Waals surface area contributed by atoms with Crippen molar-refractivity contribution < 1.29 is 0 Å². The number of nitrogens with zero attached hydrogens (tertiary/aromatic N) is 4. The number of rotatable bonds is 2. The highest BCUT2D eigenvalue weighted by Crippen LogP contribution is 2.52. The summed E-state index contributed by atoms with van der Waals surface area (Å²) in [5.41, 5.74) is 17.5. The van der Waals surface area contributed by atoms with Gasteiger partial charge in [-0.15, -0.1) is 0 Å². The summed E-state index contributed by atoms with van der Waals surface area (Å²) < 4.78 is 10.1. The van der Waals surface area contributed by atoms with Crippen LogP contribution in [0.25, 0.3) is 131 Å². The van der Waals surface area contributed by atoms with E-state index in [9.17, 15) is 0 Å². The monoisotopic (exact) mass is 762 g/mol. The van der Waals surface area contributed by atoms with Crippen molar-refractivity contribution in [2.75, 3.05) is 0 Å².